The molecular formula is C15H26N2O4. The fraction of sp³-hybridized carbons (Fsp3) is 0.600. The summed E-state index contributed by atoms with van der Waals surface area (Å²) in [6, 6.07) is 0. The molecule has 0 fully saturated rings. The molecule has 0 aliphatic heterocycles. The third kappa shape index (κ3) is 11.8. The van der Waals surface area contributed by atoms with Crippen molar-refractivity contribution in [1.29, 1.82) is 0 Å². The van der Waals surface area contributed by atoms with Gasteiger partial charge < -0.3 is 20.1 Å². The van der Waals surface area contributed by atoms with E-state index in [2.05, 4.69) is 23.8 Å². The number of nitrogens with one attached hydrogen (secondary N) is 2. The van der Waals surface area contributed by atoms with Gasteiger partial charge in [-0.2, -0.15) is 0 Å². The summed E-state index contributed by atoms with van der Waals surface area (Å²) in [5.41, 5.74) is -0.330. The van der Waals surface area contributed by atoms with Crippen LogP contribution in [0.25, 0.3) is 0 Å². The molecular weight excluding hydrogens is 272 g/mol. The van der Waals surface area contributed by atoms with Gasteiger partial charge in [0, 0.05) is 19.7 Å². The second-order valence-corrected chi connectivity index (χ2v) is 4.96. The molecule has 0 atom stereocenters. The second kappa shape index (κ2) is 11.0. The van der Waals surface area contributed by atoms with E-state index in [0.717, 1.165) is 6.42 Å². The van der Waals surface area contributed by atoms with Crippen molar-refractivity contribution >= 4 is 11.8 Å². The van der Waals surface area contributed by atoms with Gasteiger partial charge in [0.2, 0.25) is 11.8 Å². The number of carbonyl (C=O) groups is 2. The van der Waals surface area contributed by atoms with Gasteiger partial charge in [-0.1, -0.05) is 13.2 Å². The molecule has 0 rings (SSSR count). The number of carbonyl (C=O) groups excluding carboxylic acids is 2. The van der Waals surface area contributed by atoms with Crippen molar-refractivity contribution in [2.75, 3.05) is 32.9 Å². The number of hydrogen-bond acceptors (Lipinski definition) is 4. The Hall–Kier alpha value is -1.66. The standard InChI is InChI=1S/C15H26N2O4/c1-5-13(18)16-8-11-20-10-7-15(3,4)21-12-9-17-14(19)6-2/h5-6H,1-2,7-12H2,3-4H3,(H,16,18)(H,17,19). The summed E-state index contributed by atoms with van der Waals surface area (Å²) in [5.74, 6) is -0.412. The molecule has 120 valence electrons. The van der Waals surface area contributed by atoms with E-state index >= 15 is 0 Å². The Kier molecular flexibility index (Phi) is 10.2. The largest absolute Gasteiger partial charge is 0.380 e. The molecule has 0 aromatic heterocycles. The quantitative estimate of drug-likeness (QED) is 0.412. The molecule has 0 aliphatic rings. The van der Waals surface area contributed by atoms with E-state index in [1.165, 1.54) is 12.2 Å². The molecule has 0 aromatic rings. The molecule has 21 heavy (non-hydrogen) atoms. The maximum absolute atomic E-state index is 10.9. The van der Waals surface area contributed by atoms with Crippen LogP contribution in [-0.4, -0.2) is 50.3 Å². The van der Waals surface area contributed by atoms with Crippen LogP contribution < -0.4 is 10.6 Å². The Morgan fingerprint density at radius 3 is 2.05 bits per heavy atom. The molecule has 0 aliphatic carbocycles. The average Bonchev–Trinajstić information content (AvgIpc) is 2.46. The van der Waals surface area contributed by atoms with E-state index < -0.39 is 0 Å². The van der Waals surface area contributed by atoms with E-state index in [0.29, 0.717) is 32.9 Å². The van der Waals surface area contributed by atoms with Crippen molar-refractivity contribution in [3.63, 3.8) is 0 Å². The van der Waals surface area contributed by atoms with Crippen LogP contribution in [0.5, 0.6) is 0 Å². The van der Waals surface area contributed by atoms with Crippen LogP contribution in [0.1, 0.15) is 20.3 Å². The first-order chi connectivity index (χ1) is 9.91. The third-order valence-electron chi connectivity index (χ3n) is 2.66. The van der Waals surface area contributed by atoms with Crippen LogP contribution in [0.4, 0.5) is 0 Å². The van der Waals surface area contributed by atoms with Gasteiger partial charge in [0.05, 0.1) is 18.8 Å². The van der Waals surface area contributed by atoms with Gasteiger partial charge in [-0.25, -0.2) is 0 Å². The predicted molar refractivity (Wildman–Crippen MR) is 81.9 cm³/mol. The summed E-state index contributed by atoms with van der Waals surface area (Å²) in [6.45, 7) is 13.0. The van der Waals surface area contributed by atoms with Gasteiger partial charge in [0.25, 0.3) is 0 Å². The van der Waals surface area contributed by atoms with Gasteiger partial charge in [-0.15, -0.1) is 0 Å². The minimum atomic E-state index is -0.330. The molecule has 2 amide bonds. The number of hydrogen-bond donors (Lipinski definition) is 2. The van der Waals surface area contributed by atoms with E-state index in [4.69, 9.17) is 9.47 Å². The highest BCUT2D eigenvalue weighted by Crippen LogP contribution is 2.13. The van der Waals surface area contributed by atoms with Crippen LogP contribution in [0.15, 0.2) is 25.3 Å². The summed E-state index contributed by atoms with van der Waals surface area (Å²) in [4.78, 5) is 21.8. The Bertz CT molecular complexity index is 354. The van der Waals surface area contributed by atoms with Crippen LogP contribution in [0.2, 0.25) is 0 Å². The Balaban J connectivity index is 3.58. The first-order valence-electron chi connectivity index (χ1n) is 6.93. The van der Waals surface area contributed by atoms with Gasteiger partial charge in [-0.3, -0.25) is 9.59 Å². The Labute approximate surface area is 126 Å². The number of rotatable bonds is 12. The van der Waals surface area contributed by atoms with Gasteiger partial charge in [-0.05, 0) is 32.4 Å². The van der Waals surface area contributed by atoms with Crippen LogP contribution >= 0.6 is 0 Å². The second-order valence-electron chi connectivity index (χ2n) is 4.96. The first-order valence-corrected chi connectivity index (χ1v) is 6.93. The Morgan fingerprint density at radius 1 is 1.00 bits per heavy atom. The van der Waals surface area contributed by atoms with Crippen LogP contribution in [0.3, 0.4) is 0 Å². The maximum Gasteiger partial charge on any atom is 0.243 e. The summed E-state index contributed by atoms with van der Waals surface area (Å²) in [5, 5.41) is 5.27. The summed E-state index contributed by atoms with van der Waals surface area (Å²) >= 11 is 0. The predicted octanol–water partition coefficient (Wildman–Crippen LogP) is 0.793. The normalized spacial score (nSPS) is 10.8. The minimum Gasteiger partial charge on any atom is -0.380 e. The van der Waals surface area contributed by atoms with Crippen LogP contribution in [0, 0.1) is 0 Å². The highest BCUT2D eigenvalue weighted by Gasteiger charge is 2.17. The van der Waals surface area contributed by atoms with Gasteiger partial charge in [0.15, 0.2) is 0 Å². The molecule has 0 unspecified atom stereocenters. The van der Waals surface area contributed by atoms with E-state index in [1.807, 2.05) is 13.8 Å². The maximum atomic E-state index is 10.9. The SMILES string of the molecule is C=CC(=O)NCCOCCC(C)(C)OCCNC(=O)C=C. The van der Waals surface area contributed by atoms with Crippen molar-refractivity contribution in [3.05, 3.63) is 25.3 Å². The van der Waals surface area contributed by atoms with Crippen molar-refractivity contribution in [1.82, 2.24) is 10.6 Å². The average molecular weight is 298 g/mol. The third-order valence-corrected chi connectivity index (χ3v) is 2.66. The zero-order valence-electron chi connectivity index (χ0n) is 12.9. The van der Waals surface area contributed by atoms with Gasteiger partial charge >= 0.3 is 0 Å². The summed E-state index contributed by atoms with van der Waals surface area (Å²) in [6.07, 6.45) is 3.17. The fourth-order valence-corrected chi connectivity index (χ4v) is 1.38. The zero-order valence-corrected chi connectivity index (χ0v) is 12.9. The molecule has 0 bridgehead atoms. The molecule has 0 heterocycles. The summed E-state index contributed by atoms with van der Waals surface area (Å²) in [7, 11) is 0. The summed E-state index contributed by atoms with van der Waals surface area (Å²) < 4.78 is 11.1. The molecule has 2 N–H and O–H groups in total. The monoisotopic (exact) mass is 298 g/mol. The van der Waals surface area contributed by atoms with Crippen molar-refractivity contribution < 1.29 is 19.1 Å². The molecule has 0 radical (unpaired) electrons. The van der Waals surface area contributed by atoms with Crippen molar-refractivity contribution in [3.8, 4) is 0 Å². The van der Waals surface area contributed by atoms with E-state index in [9.17, 15) is 9.59 Å². The highest BCUT2D eigenvalue weighted by molar-refractivity contribution is 5.87. The smallest absolute Gasteiger partial charge is 0.243 e. The van der Waals surface area contributed by atoms with Crippen LogP contribution in [-0.2, 0) is 19.1 Å². The van der Waals surface area contributed by atoms with Crippen molar-refractivity contribution in [2.45, 2.75) is 25.9 Å². The molecule has 6 nitrogen and oxygen atoms in total. The van der Waals surface area contributed by atoms with E-state index in [1.54, 1.807) is 0 Å². The fourth-order valence-electron chi connectivity index (χ4n) is 1.38. The number of amides is 2. The number of ether oxygens (including phenoxy) is 2. The molecule has 0 saturated heterocycles. The first kappa shape index (κ1) is 19.3. The molecule has 0 spiro atoms. The molecule has 6 heteroatoms. The zero-order chi connectivity index (χ0) is 16.1. The molecule has 0 aromatic carbocycles. The molecule has 0 saturated carbocycles. The topological polar surface area (TPSA) is 76.7 Å². The Morgan fingerprint density at radius 2 is 1.52 bits per heavy atom. The lowest BCUT2D eigenvalue weighted by Gasteiger charge is -2.25. The highest BCUT2D eigenvalue weighted by atomic mass is 16.5. The minimum absolute atomic E-state index is 0.205. The van der Waals surface area contributed by atoms with Gasteiger partial charge in [0.1, 0.15) is 0 Å². The lowest BCUT2D eigenvalue weighted by Crippen LogP contribution is -2.32. The van der Waals surface area contributed by atoms with Crippen molar-refractivity contribution in [2.24, 2.45) is 0 Å². The lowest BCUT2D eigenvalue weighted by atomic mass is 10.1. The lowest BCUT2D eigenvalue weighted by molar-refractivity contribution is -0.117. The van der Waals surface area contributed by atoms with E-state index in [-0.39, 0.29) is 17.4 Å².